The molecule has 0 aliphatic rings. The Bertz CT molecular complexity index is 2060. The maximum atomic E-state index is 13.2. The summed E-state index contributed by atoms with van der Waals surface area (Å²) < 4.78 is 68.9. The fraction of sp³-hybridized carbons (Fsp3) is 0.955. The van der Waals surface area contributed by atoms with Crippen LogP contribution in [0.2, 0.25) is 0 Å². The summed E-state index contributed by atoms with van der Waals surface area (Å²) in [6, 6.07) is 0. The second kappa shape index (κ2) is 78.0. The third-order valence-electron chi connectivity index (χ3n) is 21.4. The SMILES string of the molecule is CCCCCCCCCCCC(=O)OC[C@H](COP(=O)(O)OC[C@H](O)COP(=O)(O)OC[C@@H](COC(=O)CCCCCCCCCCCCCCCCCCCCC(C)CC)OC(=O)CCCCCCCCCCCCCCCCCCCCC(C)CC)OC(=O)CCCCCCCCCCCCCC(C)C. The third kappa shape index (κ3) is 79.1. The van der Waals surface area contributed by atoms with Gasteiger partial charge in [-0.05, 0) is 43.4 Å². The Hall–Kier alpha value is -1.94. The molecule has 17 nitrogen and oxygen atoms in total. The van der Waals surface area contributed by atoms with Crippen molar-refractivity contribution in [1.82, 2.24) is 0 Å². The van der Waals surface area contributed by atoms with Crippen LogP contribution >= 0.6 is 15.6 Å². The summed E-state index contributed by atoms with van der Waals surface area (Å²) in [6.07, 6.45) is 69.5. The fourth-order valence-corrected chi connectivity index (χ4v) is 15.2. The zero-order chi connectivity index (χ0) is 78.6. The minimum Gasteiger partial charge on any atom is -0.462 e. The zero-order valence-corrected chi connectivity index (χ0v) is 72.4. The Morgan fingerprint density at radius 3 is 0.710 bits per heavy atom. The van der Waals surface area contributed by atoms with Crippen LogP contribution in [0.25, 0.3) is 0 Å². The van der Waals surface area contributed by atoms with Gasteiger partial charge in [-0.1, -0.05) is 414 Å². The molecule has 3 N–H and O–H groups in total. The van der Waals surface area contributed by atoms with E-state index in [0.29, 0.717) is 25.7 Å². The molecule has 0 radical (unpaired) electrons. The van der Waals surface area contributed by atoms with Gasteiger partial charge in [0.05, 0.1) is 26.4 Å². The Balaban J connectivity index is 5.19. The second-order valence-electron chi connectivity index (χ2n) is 32.6. The first-order chi connectivity index (χ1) is 51.8. The van der Waals surface area contributed by atoms with Crippen LogP contribution in [-0.2, 0) is 65.4 Å². The lowest BCUT2D eigenvalue weighted by molar-refractivity contribution is -0.161. The summed E-state index contributed by atoms with van der Waals surface area (Å²) in [7, 11) is -9.93. The van der Waals surface area contributed by atoms with Crippen LogP contribution in [0.4, 0.5) is 0 Å². The van der Waals surface area contributed by atoms with E-state index in [1.807, 2.05) is 0 Å². The maximum Gasteiger partial charge on any atom is 0.472 e. The van der Waals surface area contributed by atoms with Crippen molar-refractivity contribution in [2.24, 2.45) is 17.8 Å². The lowest BCUT2D eigenvalue weighted by Gasteiger charge is -2.21. The highest BCUT2D eigenvalue weighted by atomic mass is 31.2. The molecule has 0 aliphatic heterocycles. The normalized spacial score (nSPS) is 14.3. The summed E-state index contributed by atoms with van der Waals surface area (Å²) in [5, 5.41) is 10.7. The summed E-state index contributed by atoms with van der Waals surface area (Å²) >= 11 is 0. The van der Waals surface area contributed by atoms with E-state index in [4.69, 9.17) is 37.0 Å². The Morgan fingerprint density at radius 1 is 0.271 bits per heavy atom. The van der Waals surface area contributed by atoms with E-state index in [-0.39, 0.29) is 25.7 Å². The van der Waals surface area contributed by atoms with E-state index in [1.165, 1.54) is 276 Å². The van der Waals surface area contributed by atoms with Crippen molar-refractivity contribution in [3.8, 4) is 0 Å². The van der Waals surface area contributed by atoms with Crippen LogP contribution in [0.15, 0.2) is 0 Å². The van der Waals surface area contributed by atoms with Gasteiger partial charge >= 0.3 is 39.5 Å². The smallest absolute Gasteiger partial charge is 0.462 e. The van der Waals surface area contributed by atoms with E-state index in [2.05, 4.69) is 48.5 Å². The topological polar surface area (TPSA) is 237 Å². The number of hydrogen-bond donors (Lipinski definition) is 3. The van der Waals surface area contributed by atoms with Gasteiger partial charge in [0.15, 0.2) is 12.2 Å². The van der Waals surface area contributed by atoms with Crippen LogP contribution < -0.4 is 0 Å². The van der Waals surface area contributed by atoms with Crippen molar-refractivity contribution in [3.05, 3.63) is 0 Å². The molecule has 636 valence electrons. The average molecular weight is 1560 g/mol. The standard InChI is InChI=1S/C88H172O17P2/c1-8-11-12-13-14-38-48-55-62-69-85(90)98-75-83(104-88(93)72-65-58-51-44-37-31-32-39-45-52-59-66-79(4)5)77-102-106(94,95)100-73-82(89)74-101-107(96,97)103-78-84(105-87(92)71-64-57-50-43-36-30-26-22-18-16-20-24-28-34-41-47-54-61-68-81(7)10-3)76-99-86(91)70-63-56-49-42-35-29-25-21-17-15-19-23-27-33-40-46-53-60-67-80(6)9-2/h79-84,89H,8-78H2,1-7H3,(H,94,95)(H,96,97)/t80?,81?,82-,83+,84+/m0/s1. The van der Waals surface area contributed by atoms with Crippen LogP contribution in [0, 0.1) is 17.8 Å². The van der Waals surface area contributed by atoms with Gasteiger partial charge in [-0.15, -0.1) is 0 Å². The number of unbranched alkanes of at least 4 members (excludes halogenated alkanes) is 52. The largest absolute Gasteiger partial charge is 0.472 e. The molecule has 0 saturated carbocycles. The Labute approximate surface area is 658 Å². The maximum absolute atomic E-state index is 13.2. The predicted molar refractivity (Wildman–Crippen MR) is 441 cm³/mol. The monoisotopic (exact) mass is 1560 g/mol. The fourth-order valence-electron chi connectivity index (χ4n) is 13.7. The number of hydrogen-bond acceptors (Lipinski definition) is 15. The molecule has 0 rings (SSSR count). The van der Waals surface area contributed by atoms with Crippen molar-refractivity contribution < 1.29 is 80.2 Å². The van der Waals surface area contributed by atoms with Gasteiger partial charge in [-0.25, -0.2) is 9.13 Å². The van der Waals surface area contributed by atoms with Gasteiger partial charge < -0.3 is 33.8 Å². The van der Waals surface area contributed by atoms with Crippen LogP contribution in [-0.4, -0.2) is 96.7 Å². The molecule has 4 unspecified atom stereocenters. The number of carbonyl (C=O) groups is 4. The minimum atomic E-state index is -4.97. The van der Waals surface area contributed by atoms with Crippen molar-refractivity contribution in [2.45, 2.75) is 484 Å². The molecular weight excluding hydrogens is 1390 g/mol. The van der Waals surface area contributed by atoms with Crippen molar-refractivity contribution in [2.75, 3.05) is 39.6 Å². The molecule has 0 spiro atoms. The Kier molecular flexibility index (Phi) is 76.6. The highest BCUT2D eigenvalue weighted by Gasteiger charge is 2.31. The predicted octanol–water partition coefficient (Wildman–Crippen LogP) is 26.9. The molecule has 0 saturated heterocycles. The first kappa shape index (κ1) is 105. The van der Waals surface area contributed by atoms with E-state index in [0.717, 1.165) is 108 Å². The molecule has 0 aromatic rings. The van der Waals surface area contributed by atoms with Gasteiger partial charge in [-0.3, -0.25) is 37.3 Å². The number of phosphoric ester groups is 2. The van der Waals surface area contributed by atoms with Crippen LogP contribution in [0.5, 0.6) is 0 Å². The molecule has 0 bridgehead atoms. The first-order valence-electron chi connectivity index (χ1n) is 45.4. The van der Waals surface area contributed by atoms with Gasteiger partial charge in [0.1, 0.15) is 19.3 Å². The second-order valence-corrected chi connectivity index (χ2v) is 35.5. The van der Waals surface area contributed by atoms with Crippen LogP contribution in [0.3, 0.4) is 0 Å². The number of ether oxygens (including phenoxy) is 4. The number of aliphatic hydroxyl groups excluding tert-OH is 1. The third-order valence-corrected chi connectivity index (χ3v) is 23.3. The van der Waals surface area contributed by atoms with Crippen molar-refractivity contribution >= 4 is 39.5 Å². The van der Waals surface area contributed by atoms with Crippen LogP contribution in [0.1, 0.15) is 466 Å². The molecule has 7 atom stereocenters. The lowest BCUT2D eigenvalue weighted by Crippen LogP contribution is -2.30. The summed E-state index contributed by atoms with van der Waals surface area (Å²) in [5.41, 5.74) is 0. The van der Waals surface area contributed by atoms with Crippen molar-refractivity contribution in [1.29, 1.82) is 0 Å². The molecule has 0 heterocycles. The van der Waals surface area contributed by atoms with Gasteiger partial charge in [-0.2, -0.15) is 0 Å². The molecule has 0 aliphatic carbocycles. The summed E-state index contributed by atoms with van der Waals surface area (Å²) in [4.78, 5) is 73.2. The van der Waals surface area contributed by atoms with E-state index < -0.39 is 97.5 Å². The Morgan fingerprint density at radius 2 is 0.477 bits per heavy atom. The number of aliphatic hydroxyl groups is 1. The van der Waals surface area contributed by atoms with Gasteiger partial charge in [0.25, 0.3) is 0 Å². The molecule has 19 heteroatoms. The van der Waals surface area contributed by atoms with Crippen molar-refractivity contribution in [3.63, 3.8) is 0 Å². The van der Waals surface area contributed by atoms with E-state index >= 15 is 0 Å². The van der Waals surface area contributed by atoms with Gasteiger partial charge in [0.2, 0.25) is 0 Å². The summed E-state index contributed by atoms with van der Waals surface area (Å²) in [5.74, 6) is 0.406. The molecule has 0 aromatic heterocycles. The zero-order valence-electron chi connectivity index (χ0n) is 70.6. The first-order valence-corrected chi connectivity index (χ1v) is 48.4. The average Bonchev–Trinajstić information content (AvgIpc) is 0.902. The quantitative estimate of drug-likeness (QED) is 0.0222. The molecule has 107 heavy (non-hydrogen) atoms. The highest BCUT2D eigenvalue weighted by Crippen LogP contribution is 2.45. The lowest BCUT2D eigenvalue weighted by atomic mass is 9.99. The molecule has 0 amide bonds. The number of phosphoric acid groups is 2. The van der Waals surface area contributed by atoms with E-state index in [1.54, 1.807) is 0 Å². The molecule has 0 aromatic carbocycles. The number of rotatable bonds is 86. The molecule has 0 fully saturated rings. The molecular formula is C88H172O17P2. The summed E-state index contributed by atoms with van der Waals surface area (Å²) in [6.45, 7) is 12.1. The van der Waals surface area contributed by atoms with E-state index in [9.17, 15) is 43.2 Å². The number of esters is 4. The minimum absolute atomic E-state index is 0.107. The van der Waals surface area contributed by atoms with Gasteiger partial charge in [0, 0.05) is 25.7 Å². The highest BCUT2D eigenvalue weighted by molar-refractivity contribution is 7.47. The number of carbonyl (C=O) groups excluding carboxylic acids is 4.